The minimum absolute atomic E-state index is 0.0307. The molecule has 0 bridgehead atoms. The molecule has 1 fully saturated rings. The van der Waals surface area contributed by atoms with E-state index >= 15 is 0 Å². The smallest absolute Gasteiger partial charge is 0.227 e. The van der Waals surface area contributed by atoms with Gasteiger partial charge in [-0.05, 0) is 25.6 Å². The van der Waals surface area contributed by atoms with Crippen LogP contribution in [0.15, 0.2) is 24.5 Å². The summed E-state index contributed by atoms with van der Waals surface area (Å²) in [5.74, 6) is -0.0858. The first-order chi connectivity index (χ1) is 8.72. The molecule has 5 heteroatoms. The average Bonchev–Trinajstić information content (AvgIpc) is 2.88. The van der Waals surface area contributed by atoms with Crippen LogP contribution in [0.1, 0.15) is 18.5 Å². The van der Waals surface area contributed by atoms with E-state index in [9.17, 15) is 4.79 Å². The van der Waals surface area contributed by atoms with Crippen molar-refractivity contribution in [2.75, 3.05) is 20.3 Å². The molecule has 0 aromatic carbocycles. The number of hydrogen-bond acceptors (Lipinski definition) is 4. The Morgan fingerprint density at radius 2 is 2.39 bits per heavy atom. The first kappa shape index (κ1) is 13.0. The minimum atomic E-state index is -0.117. The van der Waals surface area contributed by atoms with Crippen molar-refractivity contribution in [3.05, 3.63) is 30.1 Å². The molecule has 0 aliphatic carbocycles. The van der Waals surface area contributed by atoms with Crippen molar-refractivity contribution >= 4 is 5.91 Å². The van der Waals surface area contributed by atoms with E-state index in [-0.39, 0.29) is 23.9 Å². The van der Waals surface area contributed by atoms with Crippen LogP contribution in [0.2, 0.25) is 0 Å². The molecule has 1 saturated heterocycles. The number of carbonyl (C=O) groups is 1. The number of hydrogen-bond donors (Lipinski definition) is 2. The number of ether oxygens (including phenoxy) is 1. The van der Waals surface area contributed by atoms with Crippen LogP contribution < -0.4 is 10.6 Å². The second-order valence-electron chi connectivity index (χ2n) is 4.56. The summed E-state index contributed by atoms with van der Waals surface area (Å²) in [6.45, 7) is 3.03. The summed E-state index contributed by atoms with van der Waals surface area (Å²) < 4.78 is 5.33. The molecule has 2 unspecified atom stereocenters. The van der Waals surface area contributed by atoms with Crippen LogP contribution in [0, 0.1) is 5.92 Å². The van der Waals surface area contributed by atoms with Gasteiger partial charge in [0, 0.05) is 18.4 Å². The van der Waals surface area contributed by atoms with Gasteiger partial charge in [-0.1, -0.05) is 6.07 Å². The fraction of sp³-hybridized carbons (Fsp3) is 0.538. The third kappa shape index (κ3) is 2.86. The van der Waals surface area contributed by atoms with Crippen LogP contribution in [-0.4, -0.2) is 37.2 Å². The topological polar surface area (TPSA) is 63.2 Å². The van der Waals surface area contributed by atoms with E-state index in [1.165, 1.54) is 0 Å². The summed E-state index contributed by atoms with van der Waals surface area (Å²) in [6, 6.07) is 3.89. The van der Waals surface area contributed by atoms with Gasteiger partial charge < -0.3 is 15.4 Å². The maximum absolute atomic E-state index is 12.1. The number of nitrogens with one attached hydrogen (secondary N) is 2. The molecular formula is C13H19N3O2. The van der Waals surface area contributed by atoms with Crippen molar-refractivity contribution in [3.63, 3.8) is 0 Å². The third-order valence-electron chi connectivity index (χ3n) is 3.33. The first-order valence-electron chi connectivity index (χ1n) is 6.17. The Labute approximate surface area is 107 Å². The standard InChI is InChI=1S/C13H19N3O2/c1-9(10-4-3-5-15-6-10)16-13(17)11-7-18-8-12(11)14-2/h3-6,9,11-12,14H,7-8H2,1-2H3,(H,16,17)/t9-,11?,12?/m0/s1. The summed E-state index contributed by atoms with van der Waals surface area (Å²) in [7, 11) is 1.85. The maximum atomic E-state index is 12.1. The van der Waals surface area contributed by atoms with Crippen LogP contribution in [-0.2, 0) is 9.53 Å². The zero-order chi connectivity index (χ0) is 13.0. The largest absolute Gasteiger partial charge is 0.379 e. The molecule has 1 aliphatic rings. The fourth-order valence-electron chi connectivity index (χ4n) is 2.13. The van der Waals surface area contributed by atoms with Gasteiger partial charge in [-0.2, -0.15) is 0 Å². The van der Waals surface area contributed by atoms with E-state index in [2.05, 4.69) is 15.6 Å². The summed E-state index contributed by atoms with van der Waals surface area (Å²) in [6.07, 6.45) is 3.49. The van der Waals surface area contributed by atoms with Crippen LogP contribution >= 0.6 is 0 Å². The Morgan fingerprint density at radius 1 is 1.56 bits per heavy atom. The SMILES string of the molecule is CNC1COCC1C(=O)N[C@@H](C)c1cccnc1. The van der Waals surface area contributed by atoms with Crippen LogP contribution in [0.4, 0.5) is 0 Å². The molecule has 5 nitrogen and oxygen atoms in total. The van der Waals surface area contributed by atoms with Gasteiger partial charge >= 0.3 is 0 Å². The Bertz CT molecular complexity index is 396. The van der Waals surface area contributed by atoms with Crippen molar-refractivity contribution in [1.29, 1.82) is 0 Å². The number of amides is 1. The third-order valence-corrected chi connectivity index (χ3v) is 3.33. The minimum Gasteiger partial charge on any atom is -0.379 e. The maximum Gasteiger partial charge on any atom is 0.227 e. The van der Waals surface area contributed by atoms with Gasteiger partial charge in [-0.3, -0.25) is 9.78 Å². The van der Waals surface area contributed by atoms with Gasteiger partial charge in [-0.15, -0.1) is 0 Å². The lowest BCUT2D eigenvalue weighted by molar-refractivity contribution is -0.126. The van der Waals surface area contributed by atoms with E-state index in [4.69, 9.17) is 4.74 Å². The highest BCUT2D eigenvalue weighted by Gasteiger charge is 2.33. The van der Waals surface area contributed by atoms with E-state index in [1.54, 1.807) is 12.4 Å². The number of rotatable bonds is 4. The molecule has 0 saturated carbocycles. The van der Waals surface area contributed by atoms with Gasteiger partial charge in [0.25, 0.3) is 0 Å². The molecule has 0 spiro atoms. The summed E-state index contributed by atoms with van der Waals surface area (Å²) in [5.41, 5.74) is 1.01. The molecule has 1 aromatic heterocycles. The van der Waals surface area contributed by atoms with E-state index in [1.807, 2.05) is 26.1 Å². The molecule has 2 rings (SSSR count). The summed E-state index contributed by atoms with van der Waals surface area (Å²) in [5, 5.41) is 6.11. The lowest BCUT2D eigenvalue weighted by Crippen LogP contribution is -2.43. The van der Waals surface area contributed by atoms with E-state index in [0.29, 0.717) is 13.2 Å². The monoisotopic (exact) mass is 249 g/mol. The summed E-state index contributed by atoms with van der Waals surface area (Å²) in [4.78, 5) is 16.2. The zero-order valence-corrected chi connectivity index (χ0v) is 10.7. The number of pyridine rings is 1. The van der Waals surface area contributed by atoms with Gasteiger partial charge in [-0.25, -0.2) is 0 Å². The Hall–Kier alpha value is -1.46. The van der Waals surface area contributed by atoms with Gasteiger partial charge in [0.05, 0.1) is 25.2 Å². The number of nitrogens with zero attached hydrogens (tertiary/aromatic N) is 1. The molecule has 0 radical (unpaired) electrons. The first-order valence-corrected chi connectivity index (χ1v) is 6.17. The molecule has 18 heavy (non-hydrogen) atoms. The Kier molecular flexibility index (Phi) is 4.28. The zero-order valence-electron chi connectivity index (χ0n) is 10.7. The van der Waals surface area contributed by atoms with Crippen molar-refractivity contribution in [1.82, 2.24) is 15.6 Å². The normalized spacial score (nSPS) is 24.8. The van der Waals surface area contributed by atoms with Crippen molar-refractivity contribution in [3.8, 4) is 0 Å². The van der Waals surface area contributed by atoms with Crippen molar-refractivity contribution in [2.45, 2.75) is 19.0 Å². The second kappa shape index (κ2) is 5.93. The number of likely N-dealkylation sites (N-methyl/N-ethyl adjacent to an activating group) is 1. The quantitative estimate of drug-likeness (QED) is 0.815. The Balaban J connectivity index is 1.95. The molecule has 2 heterocycles. The molecule has 2 N–H and O–H groups in total. The van der Waals surface area contributed by atoms with Gasteiger partial charge in [0.1, 0.15) is 0 Å². The molecule has 1 aromatic rings. The second-order valence-corrected chi connectivity index (χ2v) is 4.56. The van der Waals surface area contributed by atoms with Crippen LogP contribution in [0.5, 0.6) is 0 Å². The lowest BCUT2D eigenvalue weighted by atomic mass is 10.0. The van der Waals surface area contributed by atoms with Gasteiger partial charge in [0.15, 0.2) is 0 Å². The van der Waals surface area contributed by atoms with E-state index in [0.717, 1.165) is 5.56 Å². The predicted molar refractivity (Wildman–Crippen MR) is 68.0 cm³/mol. The van der Waals surface area contributed by atoms with Crippen molar-refractivity contribution in [2.24, 2.45) is 5.92 Å². The highest BCUT2D eigenvalue weighted by atomic mass is 16.5. The molecule has 3 atom stereocenters. The average molecular weight is 249 g/mol. The van der Waals surface area contributed by atoms with Crippen LogP contribution in [0.3, 0.4) is 0 Å². The van der Waals surface area contributed by atoms with E-state index < -0.39 is 0 Å². The Morgan fingerprint density at radius 3 is 3.06 bits per heavy atom. The highest BCUT2D eigenvalue weighted by Crippen LogP contribution is 2.16. The molecular weight excluding hydrogens is 230 g/mol. The summed E-state index contributed by atoms with van der Waals surface area (Å²) >= 11 is 0. The van der Waals surface area contributed by atoms with Crippen molar-refractivity contribution < 1.29 is 9.53 Å². The molecule has 1 amide bonds. The lowest BCUT2D eigenvalue weighted by Gasteiger charge is -2.20. The predicted octanol–water partition coefficient (Wildman–Crippen LogP) is 0.493. The number of aromatic nitrogens is 1. The fourth-order valence-corrected chi connectivity index (χ4v) is 2.13. The number of carbonyl (C=O) groups excluding carboxylic acids is 1. The van der Waals surface area contributed by atoms with Gasteiger partial charge in [0.2, 0.25) is 5.91 Å². The molecule has 1 aliphatic heterocycles. The molecule has 98 valence electrons. The van der Waals surface area contributed by atoms with Crippen LogP contribution in [0.25, 0.3) is 0 Å². The highest BCUT2D eigenvalue weighted by molar-refractivity contribution is 5.80.